The minimum Gasteiger partial charge on any atom is -0.472 e. The number of likely N-dealkylation sites (tertiary alicyclic amines) is 1. The Morgan fingerprint density at radius 3 is 2.81 bits per heavy atom. The van der Waals surface area contributed by atoms with Crippen molar-refractivity contribution < 1.29 is 13.9 Å². The van der Waals surface area contributed by atoms with Crippen molar-refractivity contribution in [3.05, 3.63) is 71.9 Å². The molecule has 1 atom stereocenters. The van der Waals surface area contributed by atoms with Crippen molar-refractivity contribution in [3.8, 4) is 17.0 Å². The molecule has 27 heavy (non-hydrogen) atoms. The number of aromatic nitrogens is 2. The number of H-pyrrole nitrogens is 1. The van der Waals surface area contributed by atoms with E-state index in [9.17, 15) is 9.18 Å². The zero-order valence-electron chi connectivity index (χ0n) is 15.0. The predicted octanol–water partition coefficient (Wildman–Crippen LogP) is 3.82. The molecule has 1 saturated heterocycles. The second-order valence-corrected chi connectivity index (χ2v) is 6.71. The third kappa shape index (κ3) is 3.84. The molecule has 1 unspecified atom stereocenters. The van der Waals surface area contributed by atoms with Crippen molar-refractivity contribution in [3.63, 3.8) is 0 Å². The van der Waals surface area contributed by atoms with Crippen molar-refractivity contribution in [2.24, 2.45) is 0 Å². The minimum absolute atomic E-state index is 0.0604. The van der Waals surface area contributed by atoms with Crippen LogP contribution in [0.25, 0.3) is 11.1 Å². The van der Waals surface area contributed by atoms with E-state index in [0.29, 0.717) is 24.7 Å². The second-order valence-electron chi connectivity index (χ2n) is 6.71. The van der Waals surface area contributed by atoms with Gasteiger partial charge in [0.2, 0.25) is 5.88 Å². The summed E-state index contributed by atoms with van der Waals surface area (Å²) in [5.74, 6) is 0.247. The number of halogens is 1. The second kappa shape index (κ2) is 7.23. The molecule has 4 rings (SSSR count). The topological polar surface area (TPSA) is 58.2 Å². The fraction of sp³-hybridized carbons (Fsp3) is 0.238. The molecular weight excluding hydrogens is 345 g/mol. The van der Waals surface area contributed by atoms with E-state index in [4.69, 9.17) is 4.74 Å². The summed E-state index contributed by atoms with van der Waals surface area (Å²) in [5.41, 5.74) is 3.14. The Labute approximate surface area is 156 Å². The minimum atomic E-state index is -0.281. The monoisotopic (exact) mass is 365 g/mol. The van der Waals surface area contributed by atoms with Gasteiger partial charge < -0.3 is 14.6 Å². The summed E-state index contributed by atoms with van der Waals surface area (Å²) in [6.07, 6.45) is 2.48. The van der Waals surface area contributed by atoms with Gasteiger partial charge >= 0.3 is 0 Å². The summed E-state index contributed by atoms with van der Waals surface area (Å²) >= 11 is 0. The maximum Gasteiger partial charge on any atom is 0.270 e. The van der Waals surface area contributed by atoms with E-state index in [1.54, 1.807) is 29.3 Å². The van der Waals surface area contributed by atoms with Crippen molar-refractivity contribution in [1.82, 2.24) is 14.9 Å². The number of rotatable bonds is 4. The third-order valence-corrected chi connectivity index (χ3v) is 4.67. The largest absolute Gasteiger partial charge is 0.472 e. The number of ether oxygens (including phenoxy) is 1. The van der Waals surface area contributed by atoms with Crippen molar-refractivity contribution >= 4 is 5.91 Å². The first-order chi connectivity index (χ1) is 13.1. The molecule has 1 amide bonds. The maximum atomic E-state index is 13.1. The number of carbonyl (C=O) groups excluding carboxylic acids is 1. The lowest BCUT2D eigenvalue weighted by molar-refractivity contribution is 0.0766. The first-order valence-corrected chi connectivity index (χ1v) is 8.92. The number of amides is 1. The van der Waals surface area contributed by atoms with E-state index < -0.39 is 0 Å². The van der Waals surface area contributed by atoms with E-state index in [1.807, 2.05) is 25.1 Å². The van der Waals surface area contributed by atoms with Crippen LogP contribution in [0.1, 0.15) is 22.6 Å². The van der Waals surface area contributed by atoms with Crippen LogP contribution in [0.4, 0.5) is 4.39 Å². The molecule has 1 aliphatic rings. The van der Waals surface area contributed by atoms with Crippen LogP contribution in [0, 0.1) is 12.7 Å². The molecule has 0 bridgehead atoms. The Hall–Kier alpha value is -3.15. The van der Waals surface area contributed by atoms with Gasteiger partial charge in [-0.2, -0.15) is 0 Å². The quantitative estimate of drug-likeness (QED) is 0.765. The van der Waals surface area contributed by atoms with Gasteiger partial charge in [0.05, 0.1) is 6.54 Å². The summed E-state index contributed by atoms with van der Waals surface area (Å²) in [4.78, 5) is 21.9. The van der Waals surface area contributed by atoms with Crippen molar-refractivity contribution in [1.29, 1.82) is 0 Å². The summed E-state index contributed by atoms with van der Waals surface area (Å²) in [7, 11) is 0. The summed E-state index contributed by atoms with van der Waals surface area (Å²) < 4.78 is 19.0. The Bertz CT molecular complexity index is 952. The van der Waals surface area contributed by atoms with E-state index in [0.717, 1.165) is 23.2 Å². The lowest BCUT2D eigenvalue weighted by atomic mass is 10.1. The number of hydrogen-bond acceptors (Lipinski definition) is 3. The normalized spacial score (nSPS) is 16.5. The number of aromatic amines is 1. The number of hydrogen-bond donors (Lipinski definition) is 1. The molecule has 0 aliphatic carbocycles. The fourth-order valence-electron chi connectivity index (χ4n) is 3.26. The summed E-state index contributed by atoms with van der Waals surface area (Å²) in [6.45, 7) is 3.08. The molecule has 5 nitrogen and oxygen atoms in total. The van der Waals surface area contributed by atoms with Gasteiger partial charge in [0.25, 0.3) is 5.91 Å². The van der Waals surface area contributed by atoms with Crippen LogP contribution >= 0.6 is 0 Å². The maximum absolute atomic E-state index is 13.1. The molecule has 1 N–H and O–H groups in total. The molecule has 138 valence electrons. The van der Waals surface area contributed by atoms with Crippen LogP contribution in [0.3, 0.4) is 0 Å². The fourth-order valence-corrected chi connectivity index (χ4v) is 3.26. The highest BCUT2D eigenvalue weighted by molar-refractivity contribution is 5.94. The van der Waals surface area contributed by atoms with Gasteiger partial charge in [0.15, 0.2) is 0 Å². The number of nitrogens with one attached hydrogen (secondary N) is 1. The Balaban J connectivity index is 1.41. The average Bonchev–Trinajstić information content (AvgIpc) is 3.32. The molecule has 1 fully saturated rings. The Morgan fingerprint density at radius 1 is 1.22 bits per heavy atom. The highest BCUT2D eigenvalue weighted by atomic mass is 19.1. The smallest absolute Gasteiger partial charge is 0.270 e. The van der Waals surface area contributed by atoms with Crippen molar-refractivity contribution in [2.75, 3.05) is 13.1 Å². The van der Waals surface area contributed by atoms with Crippen LogP contribution in [0.5, 0.6) is 5.88 Å². The van der Waals surface area contributed by atoms with Crippen LogP contribution in [0.15, 0.2) is 54.7 Å². The molecular formula is C21H20FN3O2. The number of aryl methyl sites for hydroxylation is 1. The predicted molar refractivity (Wildman–Crippen MR) is 100 cm³/mol. The molecule has 0 spiro atoms. The molecule has 6 heteroatoms. The average molecular weight is 365 g/mol. The third-order valence-electron chi connectivity index (χ3n) is 4.67. The van der Waals surface area contributed by atoms with E-state index in [2.05, 4.69) is 9.97 Å². The zero-order chi connectivity index (χ0) is 18.8. The van der Waals surface area contributed by atoms with Crippen LogP contribution in [-0.2, 0) is 0 Å². The standard InChI is InChI=1S/C21H20FN3O2/c1-14-3-2-4-20(24-14)27-18-9-10-25(13-18)21(26)19-11-16(12-23-19)15-5-7-17(22)8-6-15/h2-8,11-12,18,23H,9-10,13H2,1H3. The Kier molecular flexibility index (Phi) is 4.62. The molecule has 2 aromatic heterocycles. The van der Waals surface area contributed by atoms with Gasteiger partial charge in [-0.25, -0.2) is 9.37 Å². The van der Waals surface area contributed by atoms with Gasteiger partial charge in [-0.1, -0.05) is 18.2 Å². The van der Waals surface area contributed by atoms with Gasteiger partial charge in [0, 0.05) is 30.9 Å². The van der Waals surface area contributed by atoms with Crippen molar-refractivity contribution in [2.45, 2.75) is 19.4 Å². The number of carbonyl (C=O) groups is 1. The highest BCUT2D eigenvalue weighted by Crippen LogP contribution is 2.23. The lowest BCUT2D eigenvalue weighted by Crippen LogP contribution is -2.31. The zero-order valence-corrected chi connectivity index (χ0v) is 15.0. The van der Waals surface area contributed by atoms with E-state index in [1.165, 1.54) is 12.1 Å². The van der Waals surface area contributed by atoms with Crippen LogP contribution in [-0.4, -0.2) is 40.0 Å². The molecule has 3 heterocycles. The first-order valence-electron chi connectivity index (χ1n) is 8.92. The molecule has 1 aromatic carbocycles. The summed E-state index contributed by atoms with van der Waals surface area (Å²) in [5, 5.41) is 0. The SMILES string of the molecule is Cc1cccc(OC2CCN(C(=O)c3cc(-c4ccc(F)cc4)c[nH]3)C2)n1. The van der Waals surface area contributed by atoms with Gasteiger partial charge in [-0.15, -0.1) is 0 Å². The molecule has 3 aromatic rings. The molecule has 0 radical (unpaired) electrons. The van der Waals surface area contributed by atoms with Gasteiger partial charge in [-0.3, -0.25) is 4.79 Å². The van der Waals surface area contributed by atoms with Gasteiger partial charge in [-0.05, 0) is 42.3 Å². The van der Waals surface area contributed by atoms with Crippen LogP contribution in [0.2, 0.25) is 0 Å². The lowest BCUT2D eigenvalue weighted by Gasteiger charge is -2.16. The van der Waals surface area contributed by atoms with E-state index >= 15 is 0 Å². The number of nitrogens with zero attached hydrogens (tertiary/aromatic N) is 2. The summed E-state index contributed by atoms with van der Waals surface area (Å²) in [6, 6.07) is 13.7. The van der Waals surface area contributed by atoms with E-state index in [-0.39, 0.29) is 17.8 Å². The molecule has 1 aliphatic heterocycles. The van der Waals surface area contributed by atoms with Gasteiger partial charge in [0.1, 0.15) is 17.6 Å². The number of pyridine rings is 1. The molecule has 0 saturated carbocycles. The number of benzene rings is 1. The first kappa shape index (κ1) is 17.3. The van der Waals surface area contributed by atoms with Crippen LogP contribution < -0.4 is 4.74 Å². The Morgan fingerprint density at radius 2 is 2.04 bits per heavy atom. The highest BCUT2D eigenvalue weighted by Gasteiger charge is 2.29.